The molecule has 0 saturated heterocycles. The molecule has 1 heterocycles. The van der Waals surface area contributed by atoms with E-state index in [0.717, 1.165) is 40.6 Å². The quantitative estimate of drug-likeness (QED) is 0.431. The summed E-state index contributed by atoms with van der Waals surface area (Å²) in [5, 5.41) is 3.82. The van der Waals surface area contributed by atoms with Gasteiger partial charge in [-0.3, -0.25) is 4.79 Å². The van der Waals surface area contributed by atoms with Crippen LogP contribution in [0.25, 0.3) is 0 Å². The first-order valence-corrected chi connectivity index (χ1v) is 9.59. The maximum Gasteiger partial charge on any atom is 0.198 e. The van der Waals surface area contributed by atoms with E-state index in [2.05, 4.69) is 5.16 Å². The Morgan fingerprint density at radius 1 is 1.19 bits per heavy atom. The van der Waals surface area contributed by atoms with Gasteiger partial charge in [0.15, 0.2) is 11.5 Å². The van der Waals surface area contributed by atoms with E-state index in [-0.39, 0.29) is 5.78 Å². The fourth-order valence-corrected chi connectivity index (χ4v) is 3.85. The molecule has 1 aliphatic carbocycles. The number of nitrogens with zero attached hydrogens (tertiary/aromatic N) is 1. The molecule has 4 rings (SSSR count). The highest BCUT2D eigenvalue weighted by Gasteiger charge is 2.32. The topological polar surface area (TPSA) is 52.3 Å². The summed E-state index contributed by atoms with van der Waals surface area (Å²) in [5.74, 6) is 2.79. The number of rotatable bonds is 7. The highest BCUT2D eigenvalue weighted by atomic mass is 32.2. The Kier molecular flexibility index (Phi) is 4.80. The Morgan fingerprint density at radius 3 is 2.69 bits per heavy atom. The van der Waals surface area contributed by atoms with Crippen LogP contribution in [0.15, 0.2) is 64.1 Å². The molecule has 1 fully saturated rings. The molecule has 0 N–H and O–H groups in total. The summed E-state index contributed by atoms with van der Waals surface area (Å²) in [6.07, 6.45) is 3.70. The third kappa shape index (κ3) is 3.53. The molecule has 3 aromatic rings. The number of methoxy groups -OCH3 is 1. The first kappa shape index (κ1) is 16.9. The summed E-state index contributed by atoms with van der Waals surface area (Å²) in [6, 6.07) is 15.7. The predicted octanol–water partition coefficient (Wildman–Crippen LogP) is 5.08. The molecule has 2 aromatic carbocycles. The number of carbonyl (C=O) groups excluding carboxylic acids is 1. The van der Waals surface area contributed by atoms with Gasteiger partial charge in [-0.1, -0.05) is 41.6 Å². The zero-order chi connectivity index (χ0) is 17.9. The SMILES string of the molecule is COc1ccccc1SCc1ccc(C(=O)c2cnoc2C2CC2)cc1. The molecule has 0 atom stereocenters. The third-order valence-corrected chi connectivity index (χ3v) is 5.60. The van der Waals surface area contributed by atoms with Gasteiger partial charge < -0.3 is 9.26 Å². The van der Waals surface area contributed by atoms with Crippen LogP contribution in [0.3, 0.4) is 0 Å². The lowest BCUT2D eigenvalue weighted by atomic mass is 10.0. The number of ketones is 1. The second kappa shape index (κ2) is 7.38. The van der Waals surface area contributed by atoms with Crippen LogP contribution in [-0.2, 0) is 5.75 Å². The van der Waals surface area contributed by atoms with E-state index in [1.807, 2.05) is 48.5 Å². The number of aromatic nitrogens is 1. The molecule has 1 saturated carbocycles. The van der Waals surface area contributed by atoms with Crippen LogP contribution in [0.4, 0.5) is 0 Å². The van der Waals surface area contributed by atoms with Crippen molar-refractivity contribution in [3.05, 3.63) is 77.2 Å². The molecule has 0 aliphatic heterocycles. The number of para-hydroxylation sites is 1. The predicted molar refractivity (Wildman–Crippen MR) is 101 cm³/mol. The lowest BCUT2D eigenvalue weighted by Gasteiger charge is -2.08. The minimum atomic E-state index is -0.0166. The second-order valence-corrected chi connectivity index (χ2v) is 7.36. The van der Waals surface area contributed by atoms with Crippen molar-refractivity contribution in [1.29, 1.82) is 0 Å². The number of hydrogen-bond acceptors (Lipinski definition) is 5. The molecular weight excluding hydrogens is 346 g/mol. The van der Waals surface area contributed by atoms with E-state index in [1.165, 1.54) is 0 Å². The summed E-state index contributed by atoms with van der Waals surface area (Å²) >= 11 is 1.72. The fraction of sp³-hybridized carbons (Fsp3) is 0.238. The first-order valence-electron chi connectivity index (χ1n) is 8.60. The highest BCUT2D eigenvalue weighted by molar-refractivity contribution is 7.98. The minimum absolute atomic E-state index is 0.0166. The van der Waals surface area contributed by atoms with Gasteiger partial charge in [-0.05, 0) is 30.5 Å². The lowest BCUT2D eigenvalue weighted by Crippen LogP contribution is -2.02. The third-order valence-electron chi connectivity index (χ3n) is 4.47. The molecule has 26 heavy (non-hydrogen) atoms. The highest BCUT2D eigenvalue weighted by Crippen LogP contribution is 2.42. The summed E-state index contributed by atoms with van der Waals surface area (Å²) < 4.78 is 10.7. The second-order valence-electron chi connectivity index (χ2n) is 6.34. The van der Waals surface area contributed by atoms with Gasteiger partial charge in [0.1, 0.15) is 5.75 Å². The van der Waals surface area contributed by atoms with Crippen LogP contribution < -0.4 is 4.74 Å². The molecule has 0 radical (unpaired) electrons. The molecule has 132 valence electrons. The zero-order valence-electron chi connectivity index (χ0n) is 14.5. The van der Waals surface area contributed by atoms with Gasteiger partial charge in [0.25, 0.3) is 0 Å². The molecule has 1 aliphatic rings. The molecule has 0 spiro atoms. The summed E-state index contributed by atoms with van der Waals surface area (Å²) in [6.45, 7) is 0. The Balaban J connectivity index is 1.45. The van der Waals surface area contributed by atoms with Gasteiger partial charge in [0.2, 0.25) is 0 Å². The maximum atomic E-state index is 12.7. The van der Waals surface area contributed by atoms with Gasteiger partial charge in [-0.15, -0.1) is 11.8 Å². The Labute approximate surface area is 156 Å². The van der Waals surface area contributed by atoms with Gasteiger partial charge >= 0.3 is 0 Å². The average molecular weight is 365 g/mol. The molecule has 0 unspecified atom stereocenters. The maximum absolute atomic E-state index is 12.7. The fourth-order valence-electron chi connectivity index (χ4n) is 2.87. The van der Waals surface area contributed by atoms with Gasteiger partial charge in [0, 0.05) is 22.1 Å². The van der Waals surface area contributed by atoms with Crippen LogP contribution in [-0.4, -0.2) is 18.0 Å². The van der Waals surface area contributed by atoms with Crippen molar-refractivity contribution in [3.8, 4) is 5.75 Å². The molecular formula is C21H19NO3S. The van der Waals surface area contributed by atoms with Crippen LogP contribution in [0.2, 0.25) is 0 Å². The molecule has 0 bridgehead atoms. The van der Waals surface area contributed by atoms with Gasteiger partial charge in [-0.25, -0.2) is 0 Å². The largest absolute Gasteiger partial charge is 0.496 e. The van der Waals surface area contributed by atoms with Gasteiger partial charge in [-0.2, -0.15) is 0 Å². The van der Waals surface area contributed by atoms with Crippen LogP contribution in [0.5, 0.6) is 5.75 Å². The standard InChI is InChI=1S/C21H19NO3S/c1-24-18-4-2-3-5-19(18)26-13-14-6-8-15(9-7-14)20(23)17-12-22-25-21(17)16-10-11-16/h2-9,12,16H,10-11,13H2,1H3. The Hall–Kier alpha value is -2.53. The van der Waals surface area contributed by atoms with Crippen LogP contribution in [0.1, 0.15) is 46.0 Å². The van der Waals surface area contributed by atoms with Crippen molar-refractivity contribution in [1.82, 2.24) is 5.16 Å². The Bertz CT molecular complexity index is 913. The van der Waals surface area contributed by atoms with E-state index < -0.39 is 0 Å². The van der Waals surface area contributed by atoms with E-state index in [1.54, 1.807) is 25.1 Å². The zero-order valence-corrected chi connectivity index (χ0v) is 15.3. The summed E-state index contributed by atoms with van der Waals surface area (Å²) in [4.78, 5) is 13.8. The van der Waals surface area contributed by atoms with Crippen molar-refractivity contribution in [2.24, 2.45) is 0 Å². The number of thioether (sulfide) groups is 1. The summed E-state index contributed by atoms with van der Waals surface area (Å²) in [7, 11) is 1.68. The van der Waals surface area contributed by atoms with Crippen molar-refractivity contribution in [3.63, 3.8) is 0 Å². The van der Waals surface area contributed by atoms with E-state index >= 15 is 0 Å². The van der Waals surface area contributed by atoms with E-state index in [0.29, 0.717) is 17.0 Å². The van der Waals surface area contributed by atoms with E-state index in [4.69, 9.17) is 9.26 Å². The van der Waals surface area contributed by atoms with Crippen molar-refractivity contribution in [2.45, 2.75) is 29.4 Å². The number of ether oxygens (including phenoxy) is 1. The van der Waals surface area contributed by atoms with E-state index in [9.17, 15) is 4.79 Å². The summed E-state index contributed by atoms with van der Waals surface area (Å²) in [5.41, 5.74) is 2.43. The Morgan fingerprint density at radius 2 is 1.96 bits per heavy atom. The number of hydrogen-bond donors (Lipinski definition) is 0. The van der Waals surface area contributed by atoms with Crippen molar-refractivity contribution >= 4 is 17.5 Å². The molecule has 0 amide bonds. The molecule has 4 nitrogen and oxygen atoms in total. The molecule has 1 aromatic heterocycles. The number of carbonyl (C=O) groups is 1. The minimum Gasteiger partial charge on any atom is -0.496 e. The number of benzene rings is 2. The molecule has 5 heteroatoms. The van der Waals surface area contributed by atoms with Gasteiger partial charge in [0.05, 0.1) is 18.9 Å². The van der Waals surface area contributed by atoms with Crippen molar-refractivity contribution < 1.29 is 14.1 Å². The first-order chi connectivity index (χ1) is 12.8. The van der Waals surface area contributed by atoms with Crippen LogP contribution in [0, 0.1) is 0 Å². The van der Waals surface area contributed by atoms with Crippen LogP contribution >= 0.6 is 11.8 Å². The monoisotopic (exact) mass is 365 g/mol. The normalized spacial score (nSPS) is 13.6. The average Bonchev–Trinajstić information content (AvgIpc) is 3.43. The van der Waals surface area contributed by atoms with Crippen molar-refractivity contribution in [2.75, 3.05) is 7.11 Å². The smallest absolute Gasteiger partial charge is 0.198 e. The lowest BCUT2D eigenvalue weighted by molar-refractivity contribution is 0.103.